The maximum atomic E-state index is 11.8. The Hall–Kier alpha value is -1.26. The smallest absolute Gasteiger partial charge is 0.311 e. The Bertz CT molecular complexity index is 531. The summed E-state index contributed by atoms with van der Waals surface area (Å²) in [5.74, 6) is -0.748. The molecule has 0 amide bonds. The van der Waals surface area contributed by atoms with Gasteiger partial charge >= 0.3 is 11.9 Å². The molecule has 0 fully saturated rings. The first-order valence-electron chi connectivity index (χ1n) is 7.82. The standard InChI is InChI=1S/C17H22Cl2O4/c1-3-5-7-12(4-2)22-15(20)10-11-16(21)23-14-9-6-8-13(18)17(14)19/h6,8-9,12H,3-5,7,10-11H2,1-2H3. The second kappa shape index (κ2) is 10.5. The van der Waals surface area contributed by atoms with Crippen molar-refractivity contribution in [3.8, 4) is 5.75 Å². The van der Waals surface area contributed by atoms with Crippen molar-refractivity contribution in [2.24, 2.45) is 0 Å². The maximum Gasteiger partial charge on any atom is 0.311 e. The Kier molecular flexibility index (Phi) is 9.03. The Balaban J connectivity index is 2.40. The lowest BCUT2D eigenvalue weighted by Crippen LogP contribution is -2.19. The van der Waals surface area contributed by atoms with Gasteiger partial charge in [-0.05, 0) is 25.0 Å². The molecule has 0 bridgehead atoms. The van der Waals surface area contributed by atoms with Crippen molar-refractivity contribution >= 4 is 35.1 Å². The fourth-order valence-corrected chi connectivity index (χ4v) is 2.29. The van der Waals surface area contributed by atoms with Gasteiger partial charge in [0.2, 0.25) is 0 Å². The first-order valence-corrected chi connectivity index (χ1v) is 8.57. The van der Waals surface area contributed by atoms with Crippen LogP contribution in [0.5, 0.6) is 5.75 Å². The summed E-state index contributed by atoms with van der Waals surface area (Å²) in [6, 6.07) is 4.77. The van der Waals surface area contributed by atoms with Crippen LogP contribution in [0, 0.1) is 0 Å². The van der Waals surface area contributed by atoms with Crippen LogP contribution in [-0.4, -0.2) is 18.0 Å². The predicted molar refractivity (Wildman–Crippen MR) is 91.0 cm³/mol. The van der Waals surface area contributed by atoms with E-state index in [2.05, 4.69) is 6.92 Å². The molecule has 4 nitrogen and oxygen atoms in total. The zero-order valence-electron chi connectivity index (χ0n) is 13.4. The van der Waals surface area contributed by atoms with E-state index in [-0.39, 0.29) is 35.7 Å². The molecule has 1 atom stereocenters. The van der Waals surface area contributed by atoms with E-state index in [0.29, 0.717) is 5.02 Å². The van der Waals surface area contributed by atoms with Gasteiger partial charge in [0.05, 0.1) is 17.9 Å². The average Bonchev–Trinajstić information content (AvgIpc) is 2.53. The molecule has 1 unspecified atom stereocenters. The third-order valence-electron chi connectivity index (χ3n) is 3.31. The summed E-state index contributed by atoms with van der Waals surface area (Å²) in [7, 11) is 0. The third-order valence-corrected chi connectivity index (χ3v) is 4.11. The SMILES string of the molecule is CCCCC(CC)OC(=O)CCC(=O)Oc1cccc(Cl)c1Cl. The van der Waals surface area contributed by atoms with Gasteiger partial charge in [-0.3, -0.25) is 9.59 Å². The van der Waals surface area contributed by atoms with Crippen molar-refractivity contribution in [2.45, 2.75) is 58.5 Å². The van der Waals surface area contributed by atoms with E-state index in [1.165, 1.54) is 0 Å². The van der Waals surface area contributed by atoms with Crippen LogP contribution in [-0.2, 0) is 14.3 Å². The number of hydrogen-bond donors (Lipinski definition) is 0. The molecule has 0 spiro atoms. The number of carbonyl (C=O) groups is 2. The largest absolute Gasteiger partial charge is 0.462 e. The van der Waals surface area contributed by atoms with Crippen LogP contribution in [0.25, 0.3) is 0 Å². The van der Waals surface area contributed by atoms with Crippen LogP contribution < -0.4 is 4.74 Å². The number of halogens is 2. The molecule has 0 saturated carbocycles. The number of esters is 2. The van der Waals surface area contributed by atoms with E-state index in [1.54, 1.807) is 18.2 Å². The molecule has 1 aromatic rings. The minimum atomic E-state index is -0.548. The Labute approximate surface area is 147 Å². The Morgan fingerprint density at radius 2 is 1.83 bits per heavy atom. The third kappa shape index (κ3) is 7.23. The molecule has 1 aromatic carbocycles. The lowest BCUT2D eigenvalue weighted by atomic mass is 10.1. The van der Waals surface area contributed by atoms with Gasteiger partial charge in [-0.25, -0.2) is 0 Å². The van der Waals surface area contributed by atoms with Crippen molar-refractivity contribution in [3.63, 3.8) is 0 Å². The highest BCUT2D eigenvalue weighted by molar-refractivity contribution is 6.43. The highest BCUT2D eigenvalue weighted by Crippen LogP contribution is 2.31. The molecule has 1 rings (SSSR count). The summed E-state index contributed by atoms with van der Waals surface area (Å²) in [6.07, 6.45) is 3.53. The first kappa shape index (κ1) is 19.8. The Morgan fingerprint density at radius 3 is 2.48 bits per heavy atom. The lowest BCUT2D eigenvalue weighted by molar-refractivity contribution is -0.152. The van der Waals surface area contributed by atoms with E-state index in [9.17, 15) is 9.59 Å². The van der Waals surface area contributed by atoms with Gasteiger partial charge in [-0.1, -0.05) is 56.0 Å². The zero-order valence-corrected chi connectivity index (χ0v) is 15.0. The van der Waals surface area contributed by atoms with Gasteiger partial charge in [0, 0.05) is 0 Å². The van der Waals surface area contributed by atoms with E-state index in [4.69, 9.17) is 32.7 Å². The molecular formula is C17H22Cl2O4. The van der Waals surface area contributed by atoms with E-state index < -0.39 is 5.97 Å². The average molecular weight is 361 g/mol. The highest BCUT2D eigenvalue weighted by atomic mass is 35.5. The van der Waals surface area contributed by atoms with Gasteiger partial charge in [0.25, 0.3) is 0 Å². The summed E-state index contributed by atoms with van der Waals surface area (Å²) in [5, 5.41) is 0.480. The number of ether oxygens (including phenoxy) is 2. The molecule has 0 saturated heterocycles. The topological polar surface area (TPSA) is 52.6 Å². The summed E-state index contributed by atoms with van der Waals surface area (Å²) < 4.78 is 10.5. The summed E-state index contributed by atoms with van der Waals surface area (Å²) in [4.78, 5) is 23.6. The highest BCUT2D eigenvalue weighted by Gasteiger charge is 2.16. The van der Waals surface area contributed by atoms with Crippen LogP contribution in [0.1, 0.15) is 52.4 Å². The normalized spacial score (nSPS) is 11.8. The summed E-state index contributed by atoms with van der Waals surface area (Å²) >= 11 is 11.8. The predicted octanol–water partition coefficient (Wildman–Crippen LogP) is 5.19. The number of carbonyl (C=O) groups excluding carboxylic acids is 2. The number of benzene rings is 1. The van der Waals surface area contributed by atoms with Crippen molar-refractivity contribution in [1.82, 2.24) is 0 Å². The van der Waals surface area contributed by atoms with Gasteiger partial charge in [-0.15, -0.1) is 0 Å². The molecule has 0 heterocycles. The summed E-state index contributed by atoms with van der Waals surface area (Å²) in [6.45, 7) is 4.06. The van der Waals surface area contributed by atoms with Crippen LogP contribution in [0.15, 0.2) is 18.2 Å². The molecule has 0 aromatic heterocycles. The van der Waals surface area contributed by atoms with Crippen molar-refractivity contribution < 1.29 is 19.1 Å². The molecule has 128 valence electrons. The van der Waals surface area contributed by atoms with Crippen molar-refractivity contribution in [3.05, 3.63) is 28.2 Å². The number of hydrogen-bond acceptors (Lipinski definition) is 4. The lowest BCUT2D eigenvalue weighted by Gasteiger charge is -2.15. The molecule has 23 heavy (non-hydrogen) atoms. The minimum Gasteiger partial charge on any atom is -0.462 e. The second-order valence-electron chi connectivity index (χ2n) is 5.19. The molecule has 0 aliphatic rings. The summed E-state index contributed by atoms with van der Waals surface area (Å²) in [5.41, 5.74) is 0. The molecule has 0 N–H and O–H groups in total. The Morgan fingerprint density at radius 1 is 1.13 bits per heavy atom. The molecule has 0 radical (unpaired) electrons. The van der Waals surface area contributed by atoms with E-state index in [0.717, 1.165) is 25.7 Å². The maximum absolute atomic E-state index is 11.8. The fourth-order valence-electron chi connectivity index (χ4n) is 1.96. The van der Waals surface area contributed by atoms with Crippen molar-refractivity contribution in [2.75, 3.05) is 0 Å². The van der Waals surface area contributed by atoms with Crippen LogP contribution in [0.4, 0.5) is 0 Å². The molecule has 0 aliphatic heterocycles. The number of rotatable bonds is 9. The minimum absolute atomic E-state index is 0.0142. The van der Waals surface area contributed by atoms with Gasteiger partial charge in [-0.2, -0.15) is 0 Å². The molecule has 0 aliphatic carbocycles. The van der Waals surface area contributed by atoms with Gasteiger partial charge in [0.1, 0.15) is 11.1 Å². The number of unbranched alkanes of at least 4 members (excludes halogenated alkanes) is 1. The quantitative estimate of drug-likeness (QED) is 0.449. The molecular weight excluding hydrogens is 339 g/mol. The zero-order chi connectivity index (χ0) is 17.2. The van der Waals surface area contributed by atoms with Gasteiger partial charge in [0.15, 0.2) is 5.75 Å². The monoisotopic (exact) mass is 360 g/mol. The fraction of sp³-hybridized carbons (Fsp3) is 0.529. The van der Waals surface area contributed by atoms with Crippen LogP contribution in [0.2, 0.25) is 10.0 Å². The van der Waals surface area contributed by atoms with E-state index >= 15 is 0 Å². The second-order valence-corrected chi connectivity index (χ2v) is 5.97. The first-order chi connectivity index (χ1) is 11.0. The van der Waals surface area contributed by atoms with Gasteiger partial charge < -0.3 is 9.47 Å². The van der Waals surface area contributed by atoms with Crippen LogP contribution >= 0.6 is 23.2 Å². The molecule has 6 heteroatoms. The van der Waals surface area contributed by atoms with Crippen molar-refractivity contribution in [1.29, 1.82) is 0 Å². The van der Waals surface area contributed by atoms with Crippen LogP contribution in [0.3, 0.4) is 0 Å². The van der Waals surface area contributed by atoms with E-state index in [1.807, 2.05) is 6.92 Å².